The second-order valence-corrected chi connectivity index (χ2v) is 7.90. The van der Waals surface area contributed by atoms with Crippen LogP contribution < -0.4 is 5.32 Å². The highest BCUT2D eigenvalue weighted by Crippen LogP contribution is 2.30. The van der Waals surface area contributed by atoms with Crippen LogP contribution >= 0.6 is 23.2 Å². The van der Waals surface area contributed by atoms with Crippen LogP contribution in [0.2, 0.25) is 10.0 Å². The molecule has 0 spiro atoms. The van der Waals surface area contributed by atoms with E-state index in [1.54, 1.807) is 30.3 Å². The van der Waals surface area contributed by atoms with Gasteiger partial charge in [0.1, 0.15) is 17.3 Å². The molecule has 0 saturated heterocycles. The zero-order valence-corrected chi connectivity index (χ0v) is 18.3. The maximum atomic E-state index is 14.9. The molecule has 166 valence electrons. The number of carbonyl (C=O) groups is 2. The Kier molecular flexibility index (Phi) is 6.44. The minimum Gasteiger partial charge on any atom is -0.481 e. The summed E-state index contributed by atoms with van der Waals surface area (Å²) in [6.45, 7) is 0. The summed E-state index contributed by atoms with van der Waals surface area (Å²) in [5.74, 6) is -3.61. The molecule has 4 rings (SSSR count). The summed E-state index contributed by atoms with van der Waals surface area (Å²) >= 11 is 11.8. The summed E-state index contributed by atoms with van der Waals surface area (Å²) in [6.07, 6.45) is 3.89. The van der Waals surface area contributed by atoms with Crippen molar-refractivity contribution in [3.63, 3.8) is 0 Å². The summed E-state index contributed by atoms with van der Waals surface area (Å²) in [7, 11) is 0. The zero-order chi connectivity index (χ0) is 23.5. The number of hydrogen-bond acceptors (Lipinski definition) is 4. The molecule has 0 aliphatic rings. The number of nitrogens with zero attached hydrogens (tertiary/aromatic N) is 1. The van der Waals surface area contributed by atoms with Gasteiger partial charge < -0.3 is 14.8 Å². The Hall–Kier alpha value is -3.68. The van der Waals surface area contributed by atoms with Gasteiger partial charge in [0, 0.05) is 17.3 Å². The van der Waals surface area contributed by atoms with Gasteiger partial charge in [-0.2, -0.15) is 0 Å². The highest BCUT2D eigenvalue weighted by atomic mass is 35.5. The predicted octanol–water partition coefficient (Wildman–Crippen LogP) is 6.14. The molecular weight excluding hydrogens is 470 g/mol. The number of anilines is 1. The summed E-state index contributed by atoms with van der Waals surface area (Å²) in [6, 6.07) is 13.5. The first-order valence-electron chi connectivity index (χ1n) is 9.61. The topological polar surface area (TPSA) is 92.4 Å². The molecule has 0 saturated carbocycles. The van der Waals surface area contributed by atoms with Crippen LogP contribution in [0.4, 0.5) is 10.1 Å². The molecule has 4 aromatic rings. The van der Waals surface area contributed by atoms with E-state index in [-0.39, 0.29) is 5.56 Å². The fourth-order valence-electron chi connectivity index (χ4n) is 3.32. The Morgan fingerprint density at radius 3 is 2.61 bits per heavy atom. The second kappa shape index (κ2) is 9.44. The highest BCUT2D eigenvalue weighted by molar-refractivity contribution is 6.42. The molecule has 1 aromatic heterocycles. The standard InChI is InChI=1S/C24H15Cl2FN2O4/c25-17-6-4-15(11-18(17)26)29-22(30)8-2-13-1-5-16(19(27)9-13)23(24(31)32)14-3-7-21-20(10-14)28-12-33-21/h1-12,23H,(H,29,30)(H,31,32). The van der Waals surface area contributed by atoms with Gasteiger partial charge in [0.05, 0.1) is 10.0 Å². The molecule has 3 aromatic carbocycles. The third-order valence-corrected chi connectivity index (χ3v) is 5.62. The molecule has 0 aliphatic heterocycles. The number of carbonyl (C=O) groups excluding carboxylic acids is 1. The lowest BCUT2D eigenvalue weighted by Crippen LogP contribution is -2.14. The number of halogens is 3. The van der Waals surface area contributed by atoms with Crippen LogP contribution in [0, 0.1) is 5.82 Å². The molecule has 33 heavy (non-hydrogen) atoms. The van der Waals surface area contributed by atoms with Gasteiger partial charge in [-0.1, -0.05) is 41.4 Å². The molecule has 0 bridgehead atoms. The molecule has 1 atom stereocenters. The molecule has 0 fully saturated rings. The van der Waals surface area contributed by atoms with Gasteiger partial charge in [0.25, 0.3) is 0 Å². The molecule has 1 unspecified atom stereocenters. The number of amides is 1. The number of fused-ring (bicyclic) bond motifs is 1. The van der Waals surface area contributed by atoms with Gasteiger partial charge in [-0.05, 0) is 53.6 Å². The summed E-state index contributed by atoms with van der Waals surface area (Å²) in [4.78, 5) is 28.1. The van der Waals surface area contributed by atoms with Crippen molar-refractivity contribution in [3.8, 4) is 0 Å². The van der Waals surface area contributed by atoms with E-state index in [9.17, 15) is 19.1 Å². The van der Waals surface area contributed by atoms with Gasteiger partial charge >= 0.3 is 5.97 Å². The Balaban J connectivity index is 1.54. The molecule has 0 radical (unpaired) electrons. The van der Waals surface area contributed by atoms with Crippen molar-refractivity contribution >= 4 is 57.9 Å². The van der Waals surface area contributed by atoms with E-state index in [0.29, 0.717) is 38.0 Å². The molecule has 9 heteroatoms. The second-order valence-electron chi connectivity index (χ2n) is 7.08. The Morgan fingerprint density at radius 2 is 1.88 bits per heavy atom. The molecule has 1 heterocycles. The predicted molar refractivity (Wildman–Crippen MR) is 124 cm³/mol. The zero-order valence-electron chi connectivity index (χ0n) is 16.8. The van der Waals surface area contributed by atoms with Crippen LogP contribution in [0.15, 0.2) is 71.5 Å². The van der Waals surface area contributed by atoms with E-state index >= 15 is 0 Å². The molecule has 0 aliphatic carbocycles. The van der Waals surface area contributed by atoms with Crippen LogP contribution in [-0.2, 0) is 9.59 Å². The van der Waals surface area contributed by atoms with Crippen LogP contribution in [-0.4, -0.2) is 22.0 Å². The van der Waals surface area contributed by atoms with Crippen LogP contribution in [0.1, 0.15) is 22.6 Å². The van der Waals surface area contributed by atoms with Gasteiger partial charge in [-0.3, -0.25) is 9.59 Å². The number of oxazole rings is 1. The smallest absolute Gasteiger partial charge is 0.315 e. The first-order chi connectivity index (χ1) is 15.8. The monoisotopic (exact) mass is 484 g/mol. The number of aromatic nitrogens is 1. The number of benzene rings is 3. The minimum absolute atomic E-state index is 0.0113. The highest BCUT2D eigenvalue weighted by Gasteiger charge is 2.26. The number of nitrogens with one attached hydrogen (secondary N) is 1. The first-order valence-corrected chi connectivity index (χ1v) is 10.4. The Labute approximate surface area is 197 Å². The van der Waals surface area contributed by atoms with Crippen molar-refractivity contribution in [3.05, 3.63) is 99.6 Å². The van der Waals surface area contributed by atoms with E-state index in [0.717, 1.165) is 0 Å². The summed E-state index contributed by atoms with van der Waals surface area (Å²) in [5, 5.41) is 13.0. The van der Waals surface area contributed by atoms with E-state index in [4.69, 9.17) is 27.6 Å². The third kappa shape index (κ3) is 5.05. The minimum atomic E-state index is -1.23. The summed E-state index contributed by atoms with van der Waals surface area (Å²) in [5.41, 5.74) is 2.18. The molecular formula is C24H15Cl2FN2O4. The van der Waals surface area contributed by atoms with Crippen LogP contribution in [0.3, 0.4) is 0 Å². The lowest BCUT2D eigenvalue weighted by molar-refractivity contribution is -0.137. The number of hydrogen-bond donors (Lipinski definition) is 2. The maximum absolute atomic E-state index is 14.9. The molecule has 1 amide bonds. The quantitative estimate of drug-likeness (QED) is 0.320. The average molecular weight is 485 g/mol. The lowest BCUT2D eigenvalue weighted by Gasteiger charge is -2.14. The fraction of sp³-hybridized carbons (Fsp3) is 0.0417. The number of carboxylic acids is 1. The van der Waals surface area contributed by atoms with Gasteiger partial charge in [-0.25, -0.2) is 9.37 Å². The van der Waals surface area contributed by atoms with E-state index < -0.39 is 23.6 Å². The largest absolute Gasteiger partial charge is 0.481 e. The van der Waals surface area contributed by atoms with Crippen molar-refractivity contribution in [1.82, 2.24) is 4.98 Å². The van der Waals surface area contributed by atoms with Crippen LogP contribution in [0.25, 0.3) is 17.2 Å². The molecule has 2 N–H and O–H groups in total. The number of rotatable bonds is 6. The van der Waals surface area contributed by atoms with E-state index in [2.05, 4.69) is 10.3 Å². The van der Waals surface area contributed by atoms with E-state index in [1.807, 2.05) is 0 Å². The van der Waals surface area contributed by atoms with Crippen molar-refractivity contribution in [2.24, 2.45) is 0 Å². The maximum Gasteiger partial charge on any atom is 0.315 e. The first kappa shape index (κ1) is 22.5. The number of carboxylic acid groups (broad SMARTS) is 1. The van der Waals surface area contributed by atoms with Crippen molar-refractivity contribution in [2.45, 2.75) is 5.92 Å². The van der Waals surface area contributed by atoms with Crippen molar-refractivity contribution < 1.29 is 23.5 Å². The average Bonchev–Trinajstić information content (AvgIpc) is 3.24. The van der Waals surface area contributed by atoms with Gasteiger partial charge in [0.2, 0.25) is 5.91 Å². The normalized spacial score (nSPS) is 12.2. The summed E-state index contributed by atoms with van der Waals surface area (Å²) < 4.78 is 20.1. The fourth-order valence-corrected chi connectivity index (χ4v) is 3.62. The number of aliphatic carboxylic acids is 1. The van der Waals surface area contributed by atoms with Gasteiger partial charge in [0.15, 0.2) is 12.0 Å². The van der Waals surface area contributed by atoms with Crippen molar-refractivity contribution in [1.29, 1.82) is 0 Å². The molecule has 6 nitrogen and oxygen atoms in total. The lowest BCUT2D eigenvalue weighted by atomic mass is 9.90. The Bertz CT molecular complexity index is 1400. The SMILES string of the molecule is O=C(C=Cc1ccc(C(C(=O)O)c2ccc3ocnc3c2)c(F)c1)Nc1ccc(Cl)c(Cl)c1. The van der Waals surface area contributed by atoms with Crippen LogP contribution in [0.5, 0.6) is 0 Å². The van der Waals surface area contributed by atoms with E-state index in [1.165, 1.54) is 42.8 Å². The third-order valence-electron chi connectivity index (χ3n) is 4.88. The van der Waals surface area contributed by atoms with Crippen molar-refractivity contribution in [2.75, 3.05) is 5.32 Å². The van der Waals surface area contributed by atoms with Gasteiger partial charge in [-0.15, -0.1) is 0 Å². The Morgan fingerprint density at radius 1 is 1.06 bits per heavy atom.